The highest BCUT2D eigenvalue weighted by Crippen LogP contribution is 2.39. The minimum atomic E-state index is -5.04. The van der Waals surface area contributed by atoms with E-state index in [-0.39, 0.29) is 29.9 Å². The van der Waals surface area contributed by atoms with E-state index < -0.39 is 51.7 Å². The molecule has 234 valence electrons. The van der Waals surface area contributed by atoms with Crippen LogP contribution in [0.5, 0.6) is 5.88 Å². The van der Waals surface area contributed by atoms with Crippen LogP contribution in [-0.4, -0.2) is 78.7 Å². The lowest BCUT2D eigenvalue weighted by Crippen LogP contribution is -2.50. The van der Waals surface area contributed by atoms with Gasteiger partial charge in [0.1, 0.15) is 23.6 Å². The maximum absolute atomic E-state index is 16.6. The number of hydrogen-bond donors (Lipinski definition) is 2. The van der Waals surface area contributed by atoms with Crippen LogP contribution in [0.4, 0.5) is 39.1 Å². The van der Waals surface area contributed by atoms with Gasteiger partial charge in [-0.2, -0.15) is 13.2 Å². The number of benzene rings is 1. The van der Waals surface area contributed by atoms with Crippen LogP contribution >= 0.6 is 0 Å². The van der Waals surface area contributed by atoms with Gasteiger partial charge in [-0.1, -0.05) is 6.08 Å². The minimum absolute atomic E-state index is 0.0103. The van der Waals surface area contributed by atoms with Crippen molar-refractivity contribution in [2.24, 2.45) is 0 Å². The molecule has 0 bridgehead atoms. The van der Waals surface area contributed by atoms with Gasteiger partial charge in [-0.15, -0.1) is 0 Å². The Labute approximate surface area is 249 Å². The first-order valence-corrected chi connectivity index (χ1v) is 13.8. The molecule has 2 N–H and O–H groups in total. The van der Waals surface area contributed by atoms with Crippen molar-refractivity contribution in [1.29, 1.82) is 0 Å². The van der Waals surface area contributed by atoms with Crippen molar-refractivity contribution in [2.75, 3.05) is 62.0 Å². The van der Waals surface area contributed by atoms with Gasteiger partial charge < -0.3 is 29.7 Å². The van der Waals surface area contributed by atoms with Crippen LogP contribution < -0.4 is 25.4 Å². The number of aromatic amines is 1. The third-order valence-electron chi connectivity index (χ3n) is 7.84. The normalized spacial score (nSPS) is 17.8. The van der Waals surface area contributed by atoms with Crippen molar-refractivity contribution in [2.45, 2.75) is 25.6 Å². The Balaban J connectivity index is 1.58. The molecule has 1 fully saturated rings. The summed E-state index contributed by atoms with van der Waals surface area (Å²) < 4.78 is 78.8. The van der Waals surface area contributed by atoms with Gasteiger partial charge in [0.2, 0.25) is 11.4 Å². The number of H-pyrrole nitrogens is 1. The van der Waals surface area contributed by atoms with E-state index in [1.807, 2.05) is 14.0 Å². The molecule has 1 aromatic carbocycles. The first kappa shape index (κ1) is 30.9. The van der Waals surface area contributed by atoms with E-state index in [0.717, 1.165) is 6.07 Å². The molecule has 0 spiro atoms. The number of piperazine rings is 1. The van der Waals surface area contributed by atoms with Gasteiger partial charge >= 0.3 is 6.18 Å². The summed E-state index contributed by atoms with van der Waals surface area (Å²) in [4.78, 5) is 40.7. The van der Waals surface area contributed by atoms with E-state index in [1.165, 1.54) is 13.4 Å². The number of likely N-dealkylation sites (N-methyl/N-ethyl adjacent to an activating group) is 1. The van der Waals surface area contributed by atoms with Crippen LogP contribution in [0.25, 0.3) is 5.57 Å². The van der Waals surface area contributed by atoms with Crippen molar-refractivity contribution in [1.82, 2.24) is 19.9 Å². The van der Waals surface area contributed by atoms with E-state index in [4.69, 9.17) is 4.74 Å². The second-order valence-electron chi connectivity index (χ2n) is 10.7. The van der Waals surface area contributed by atoms with Gasteiger partial charge in [0.15, 0.2) is 5.82 Å². The Morgan fingerprint density at radius 2 is 1.89 bits per heavy atom. The van der Waals surface area contributed by atoms with Crippen LogP contribution in [0.1, 0.15) is 34.8 Å². The SMILES string of the molecule is COc1cc(N2CCC=C(c3c(F)cc(N4CCN(C)[C@@H](C)C4)c(NC(=O)c4c[nH]c(=O)cc4C(F)(F)F)c3F)C2)ncn1. The zero-order valence-corrected chi connectivity index (χ0v) is 24.1. The summed E-state index contributed by atoms with van der Waals surface area (Å²) >= 11 is 0. The molecule has 0 saturated carbocycles. The van der Waals surface area contributed by atoms with Crippen LogP contribution in [0.15, 0.2) is 41.6 Å². The maximum Gasteiger partial charge on any atom is 0.417 e. The number of rotatable bonds is 6. The van der Waals surface area contributed by atoms with E-state index in [9.17, 15) is 22.8 Å². The molecular formula is C29H30F5N7O3. The van der Waals surface area contributed by atoms with Crippen molar-refractivity contribution in [3.63, 3.8) is 0 Å². The van der Waals surface area contributed by atoms with Gasteiger partial charge in [-0.25, -0.2) is 18.7 Å². The lowest BCUT2D eigenvalue weighted by atomic mass is 9.97. The molecule has 0 radical (unpaired) electrons. The molecule has 2 aromatic heterocycles. The summed E-state index contributed by atoms with van der Waals surface area (Å²) in [5.74, 6) is -2.57. The van der Waals surface area contributed by atoms with Crippen molar-refractivity contribution in [3.8, 4) is 5.88 Å². The highest BCUT2D eigenvalue weighted by molar-refractivity contribution is 6.07. The van der Waals surface area contributed by atoms with Gasteiger partial charge in [0, 0.05) is 63.2 Å². The number of anilines is 3. The van der Waals surface area contributed by atoms with E-state index in [0.29, 0.717) is 50.5 Å². The molecule has 1 atom stereocenters. The molecule has 15 heteroatoms. The summed E-state index contributed by atoms with van der Waals surface area (Å²) in [6, 6.07) is 2.92. The Hall–Kier alpha value is -4.53. The molecule has 5 rings (SSSR count). The largest absolute Gasteiger partial charge is 0.481 e. The zero-order chi connectivity index (χ0) is 31.8. The van der Waals surface area contributed by atoms with Crippen LogP contribution in [0.2, 0.25) is 0 Å². The molecule has 44 heavy (non-hydrogen) atoms. The van der Waals surface area contributed by atoms with Gasteiger partial charge in [0.05, 0.1) is 29.5 Å². The highest BCUT2D eigenvalue weighted by Gasteiger charge is 2.37. The number of halogens is 5. The smallest absolute Gasteiger partial charge is 0.417 e. The Morgan fingerprint density at radius 1 is 1.11 bits per heavy atom. The topological polar surface area (TPSA) is 107 Å². The number of pyridine rings is 1. The number of amides is 1. The lowest BCUT2D eigenvalue weighted by Gasteiger charge is -2.40. The molecule has 10 nitrogen and oxygen atoms in total. The summed E-state index contributed by atoms with van der Waals surface area (Å²) in [5, 5.41) is 2.28. The monoisotopic (exact) mass is 619 g/mol. The third-order valence-corrected chi connectivity index (χ3v) is 7.84. The lowest BCUT2D eigenvalue weighted by molar-refractivity contribution is -0.138. The standard InChI is InChI=1S/C29H30F5N7O3/c1-16-13-40(8-7-39(16)2)21-10-20(30)25(17-5-4-6-41(14-17)22-11-24(44-3)37-15-36-22)26(31)27(21)38-28(43)18-12-35-23(42)9-19(18)29(32,33)34/h5,9-12,15-16H,4,6-8,13-14H2,1-3H3,(H,35,42)(H,38,43)/t16-/m0/s1. The number of carbonyl (C=O) groups excluding carboxylic acids is 1. The summed E-state index contributed by atoms with van der Waals surface area (Å²) in [7, 11) is 3.35. The molecule has 1 saturated heterocycles. The molecule has 2 aliphatic heterocycles. The fourth-order valence-electron chi connectivity index (χ4n) is 5.35. The fraction of sp³-hybridized carbons (Fsp3) is 0.379. The molecule has 2 aliphatic rings. The number of hydrogen-bond acceptors (Lipinski definition) is 8. The van der Waals surface area contributed by atoms with E-state index >= 15 is 8.78 Å². The number of alkyl halides is 3. The number of nitrogens with one attached hydrogen (secondary N) is 2. The first-order chi connectivity index (χ1) is 20.9. The quantitative estimate of drug-likeness (QED) is 0.397. The van der Waals surface area contributed by atoms with Gasteiger partial charge in [0.25, 0.3) is 5.91 Å². The Kier molecular flexibility index (Phi) is 8.59. The number of nitrogens with zero attached hydrogens (tertiary/aromatic N) is 5. The Bertz CT molecular complexity index is 1660. The average Bonchev–Trinajstić information content (AvgIpc) is 2.99. The van der Waals surface area contributed by atoms with E-state index in [1.54, 1.807) is 21.9 Å². The minimum Gasteiger partial charge on any atom is -0.481 e. The second kappa shape index (κ2) is 12.2. The third kappa shape index (κ3) is 6.23. The average molecular weight is 620 g/mol. The molecule has 1 amide bonds. The number of ether oxygens (including phenoxy) is 1. The number of methoxy groups -OCH3 is 1. The molecule has 0 aliphatic carbocycles. The highest BCUT2D eigenvalue weighted by atomic mass is 19.4. The number of aromatic nitrogens is 3. The summed E-state index contributed by atoms with van der Waals surface area (Å²) in [5.41, 5.74) is -4.10. The van der Waals surface area contributed by atoms with Crippen LogP contribution in [0, 0.1) is 11.6 Å². The fourth-order valence-corrected chi connectivity index (χ4v) is 5.35. The second-order valence-corrected chi connectivity index (χ2v) is 10.7. The molecule has 4 heterocycles. The molecular weight excluding hydrogens is 589 g/mol. The van der Waals surface area contributed by atoms with Crippen molar-refractivity contribution < 1.29 is 31.5 Å². The molecule has 3 aromatic rings. The van der Waals surface area contributed by atoms with Gasteiger partial charge in [-0.3, -0.25) is 9.59 Å². The Morgan fingerprint density at radius 3 is 2.59 bits per heavy atom. The number of carbonyl (C=O) groups is 1. The van der Waals surface area contributed by atoms with Crippen LogP contribution in [-0.2, 0) is 6.18 Å². The summed E-state index contributed by atoms with van der Waals surface area (Å²) in [6.45, 7) is 3.69. The van der Waals surface area contributed by atoms with E-state index in [2.05, 4.69) is 25.2 Å². The molecule has 0 unspecified atom stereocenters. The summed E-state index contributed by atoms with van der Waals surface area (Å²) in [6.07, 6.45) is -1.03. The van der Waals surface area contributed by atoms with Crippen molar-refractivity contribution >= 4 is 28.7 Å². The predicted molar refractivity (Wildman–Crippen MR) is 154 cm³/mol. The first-order valence-electron chi connectivity index (χ1n) is 13.8. The van der Waals surface area contributed by atoms with Crippen molar-refractivity contribution in [3.05, 3.63) is 75.5 Å². The zero-order valence-electron chi connectivity index (χ0n) is 24.1. The van der Waals surface area contributed by atoms with Crippen LogP contribution in [0.3, 0.4) is 0 Å². The van der Waals surface area contributed by atoms with Gasteiger partial charge in [-0.05, 0) is 26.0 Å². The predicted octanol–water partition coefficient (Wildman–Crippen LogP) is 4.16. The maximum atomic E-state index is 16.6.